The molecule has 0 saturated carbocycles. The standard InChI is InChI=1S/C17H20N2O4S/c1-23-16-9-5-8-15(12-16)19-17(20)13-18-24(21,22)11-10-14-6-3-2-4-7-14/h2-9,12,18H,10-11,13H2,1H3,(H,19,20). The minimum absolute atomic E-state index is 0.0660. The fourth-order valence-corrected chi connectivity index (χ4v) is 3.05. The van der Waals surface area contributed by atoms with Crippen molar-refractivity contribution in [3.8, 4) is 5.75 Å². The predicted molar refractivity (Wildman–Crippen MR) is 93.6 cm³/mol. The Balaban J connectivity index is 1.81. The molecule has 2 N–H and O–H groups in total. The first kappa shape index (κ1) is 18.0. The van der Waals surface area contributed by atoms with E-state index in [1.54, 1.807) is 24.3 Å². The fourth-order valence-electron chi connectivity index (χ4n) is 2.05. The van der Waals surface area contributed by atoms with Gasteiger partial charge in [-0.05, 0) is 24.1 Å². The summed E-state index contributed by atoms with van der Waals surface area (Å²) in [6.07, 6.45) is 0.397. The second kappa shape index (κ2) is 8.47. The van der Waals surface area contributed by atoms with Crippen LogP contribution in [0.4, 0.5) is 5.69 Å². The van der Waals surface area contributed by atoms with Crippen LogP contribution in [-0.4, -0.2) is 33.7 Å². The summed E-state index contributed by atoms with van der Waals surface area (Å²) in [4.78, 5) is 11.9. The van der Waals surface area contributed by atoms with Gasteiger partial charge in [0.25, 0.3) is 0 Å². The molecule has 2 aromatic rings. The minimum Gasteiger partial charge on any atom is -0.497 e. The van der Waals surface area contributed by atoms with Crippen molar-refractivity contribution in [3.05, 3.63) is 60.2 Å². The number of carbonyl (C=O) groups is 1. The summed E-state index contributed by atoms with van der Waals surface area (Å²) in [5, 5.41) is 2.62. The van der Waals surface area contributed by atoms with Crippen molar-refractivity contribution in [3.63, 3.8) is 0 Å². The van der Waals surface area contributed by atoms with Crippen LogP contribution in [0.3, 0.4) is 0 Å². The number of carbonyl (C=O) groups excluding carboxylic acids is 1. The van der Waals surface area contributed by atoms with Crippen LogP contribution in [0.15, 0.2) is 54.6 Å². The number of hydrogen-bond acceptors (Lipinski definition) is 4. The molecule has 24 heavy (non-hydrogen) atoms. The number of aryl methyl sites for hydroxylation is 1. The second-order valence-corrected chi connectivity index (χ2v) is 7.08. The predicted octanol–water partition coefficient (Wildman–Crippen LogP) is 1.80. The Morgan fingerprint density at radius 2 is 1.83 bits per heavy atom. The minimum atomic E-state index is -3.52. The van der Waals surface area contributed by atoms with Gasteiger partial charge in [-0.25, -0.2) is 13.1 Å². The lowest BCUT2D eigenvalue weighted by atomic mass is 10.2. The largest absolute Gasteiger partial charge is 0.497 e. The number of ether oxygens (including phenoxy) is 1. The Hall–Kier alpha value is -2.38. The molecule has 0 aromatic heterocycles. The van der Waals surface area contributed by atoms with Crippen LogP contribution in [0, 0.1) is 0 Å². The number of benzene rings is 2. The van der Waals surface area contributed by atoms with Crippen LogP contribution in [0.2, 0.25) is 0 Å². The highest BCUT2D eigenvalue weighted by molar-refractivity contribution is 7.89. The SMILES string of the molecule is COc1cccc(NC(=O)CNS(=O)(=O)CCc2ccccc2)c1. The lowest BCUT2D eigenvalue weighted by molar-refractivity contribution is -0.115. The van der Waals surface area contributed by atoms with Crippen molar-refractivity contribution >= 4 is 21.6 Å². The van der Waals surface area contributed by atoms with Gasteiger partial charge in [0.05, 0.1) is 19.4 Å². The van der Waals surface area contributed by atoms with E-state index in [4.69, 9.17) is 4.74 Å². The average Bonchev–Trinajstić information content (AvgIpc) is 2.60. The Morgan fingerprint density at radius 3 is 2.54 bits per heavy atom. The van der Waals surface area contributed by atoms with Gasteiger partial charge in [0.2, 0.25) is 15.9 Å². The van der Waals surface area contributed by atoms with E-state index in [9.17, 15) is 13.2 Å². The first-order valence-corrected chi connectivity index (χ1v) is 9.09. The molecule has 0 aliphatic rings. The van der Waals surface area contributed by atoms with Gasteiger partial charge < -0.3 is 10.1 Å². The first-order chi connectivity index (χ1) is 11.5. The van der Waals surface area contributed by atoms with E-state index < -0.39 is 15.9 Å². The molecule has 0 saturated heterocycles. The molecule has 7 heteroatoms. The molecule has 2 rings (SSSR count). The van der Waals surface area contributed by atoms with Crippen molar-refractivity contribution < 1.29 is 17.9 Å². The normalized spacial score (nSPS) is 11.0. The molecule has 0 fully saturated rings. The maximum absolute atomic E-state index is 12.0. The smallest absolute Gasteiger partial charge is 0.239 e. The Morgan fingerprint density at radius 1 is 1.08 bits per heavy atom. The third-order valence-electron chi connectivity index (χ3n) is 3.31. The maximum Gasteiger partial charge on any atom is 0.239 e. The average molecular weight is 348 g/mol. The molecule has 0 atom stereocenters. The molecular weight excluding hydrogens is 328 g/mol. The molecule has 6 nitrogen and oxygen atoms in total. The second-order valence-electron chi connectivity index (χ2n) is 5.16. The number of hydrogen-bond donors (Lipinski definition) is 2. The zero-order valence-electron chi connectivity index (χ0n) is 13.4. The highest BCUT2D eigenvalue weighted by atomic mass is 32.2. The molecule has 1 amide bonds. The van der Waals surface area contributed by atoms with Gasteiger partial charge in [-0.1, -0.05) is 36.4 Å². The molecule has 2 aromatic carbocycles. The van der Waals surface area contributed by atoms with Gasteiger partial charge in [0.1, 0.15) is 5.75 Å². The summed E-state index contributed by atoms with van der Waals surface area (Å²) in [6.45, 7) is -0.311. The number of amides is 1. The Labute approximate surface area is 141 Å². The summed E-state index contributed by atoms with van der Waals surface area (Å²) in [7, 11) is -1.99. The third-order valence-corrected chi connectivity index (χ3v) is 4.63. The zero-order valence-corrected chi connectivity index (χ0v) is 14.2. The number of anilines is 1. The summed E-state index contributed by atoms with van der Waals surface area (Å²) in [5.41, 5.74) is 1.48. The van der Waals surface area contributed by atoms with E-state index in [0.717, 1.165) is 5.56 Å². The Kier molecular flexibility index (Phi) is 6.34. The highest BCUT2D eigenvalue weighted by Gasteiger charge is 2.13. The van der Waals surface area contributed by atoms with Crippen LogP contribution in [0.25, 0.3) is 0 Å². The zero-order chi connectivity index (χ0) is 17.4. The molecule has 0 heterocycles. The fraction of sp³-hybridized carbons (Fsp3) is 0.235. The van der Waals surface area contributed by atoms with Gasteiger partial charge in [-0.3, -0.25) is 4.79 Å². The van der Waals surface area contributed by atoms with Gasteiger partial charge >= 0.3 is 0 Å². The third kappa shape index (κ3) is 6.02. The molecule has 0 aliphatic carbocycles. The summed E-state index contributed by atoms with van der Waals surface area (Å²) in [5.74, 6) is 0.103. The van der Waals surface area contributed by atoms with Gasteiger partial charge in [-0.2, -0.15) is 0 Å². The maximum atomic E-state index is 12.0. The van der Waals surface area contributed by atoms with Crippen LogP contribution < -0.4 is 14.8 Å². The van der Waals surface area contributed by atoms with Crippen LogP contribution in [-0.2, 0) is 21.2 Å². The van der Waals surface area contributed by atoms with Crippen molar-refractivity contribution in [1.82, 2.24) is 4.72 Å². The van der Waals surface area contributed by atoms with E-state index in [1.807, 2.05) is 30.3 Å². The molecular formula is C17H20N2O4S. The van der Waals surface area contributed by atoms with Crippen LogP contribution in [0.1, 0.15) is 5.56 Å². The van der Waals surface area contributed by atoms with Crippen LogP contribution >= 0.6 is 0 Å². The monoisotopic (exact) mass is 348 g/mol. The van der Waals surface area contributed by atoms with E-state index >= 15 is 0 Å². The van der Waals surface area contributed by atoms with Crippen molar-refractivity contribution in [2.45, 2.75) is 6.42 Å². The van der Waals surface area contributed by atoms with Crippen molar-refractivity contribution in [1.29, 1.82) is 0 Å². The topological polar surface area (TPSA) is 84.5 Å². The highest BCUT2D eigenvalue weighted by Crippen LogP contribution is 2.16. The van der Waals surface area contributed by atoms with E-state index in [0.29, 0.717) is 17.9 Å². The lowest BCUT2D eigenvalue weighted by Gasteiger charge is -2.09. The van der Waals surface area contributed by atoms with E-state index in [1.165, 1.54) is 7.11 Å². The molecule has 0 aliphatic heterocycles. The van der Waals surface area contributed by atoms with E-state index in [2.05, 4.69) is 10.0 Å². The number of nitrogens with one attached hydrogen (secondary N) is 2. The number of sulfonamides is 1. The summed E-state index contributed by atoms with van der Waals surface area (Å²) in [6, 6.07) is 16.2. The quantitative estimate of drug-likeness (QED) is 0.762. The van der Waals surface area contributed by atoms with E-state index in [-0.39, 0.29) is 12.3 Å². The first-order valence-electron chi connectivity index (χ1n) is 7.44. The van der Waals surface area contributed by atoms with Crippen molar-refractivity contribution in [2.75, 3.05) is 24.7 Å². The summed E-state index contributed by atoms with van der Waals surface area (Å²) < 4.78 is 31.3. The lowest BCUT2D eigenvalue weighted by Crippen LogP contribution is -2.34. The molecule has 128 valence electrons. The van der Waals surface area contributed by atoms with Gasteiger partial charge in [-0.15, -0.1) is 0 Å². The van der Waals surface area contributed by atoms with Gasteiger partial charge in [0, 0.05) is 11.8 Å². The van der Waals surface area contributed by atoms with Crippen molar-refractivity contribution in [2.24, 2.45) is 0 Å². The molecule has 0 bridgehead atoms. The van der Waals surface area contributed by atoms with Gasteiger partial charge in [0.15, 0.2) is 0 Å². The molecule has 0 unspecified atom stereocenters. The number of methoxy groups -OCH3 is 1. The number of rotatable bonds is 8. The molecule has 0 spiro atoms. The molecule has 0 radical (unpaired) electrons. The Bertz CT molecular complexity index is 776. The van der Waals surface area contributed by atoms with Crippen LogP contribution in [0.5, 0.6) is 5.75 Å². The summed E-state index contributed by atoms with van der Waals surface area (Å²) >= 11 is 0.